The minimum absolute atomic E-state index is 0.0282. The standard InChI is InChI=1S/C25H26BrClN4O4/c1-3-15(2)35-23-20(27)11-16(12-22(23)31(33)34)14-28-30-24(17-7-5-4-6-8-17)29-21-10-9-18(26)13-19(21)25(30)32/h9-15,17H,3-8H2,1-2H3/t15-/m0/s1. The lowest BCUT2D eigenvalue weighted by Crippen LogP contribution is -2.25. The van der Waals surface area contributed by atoms with Gasteiger partial charge < -0.3 is 4.74 Å². The molecule has 1 aromatic heterocycles. The van der Waals surface area contributed by atoms with Gasteiger partial charge in [0.25, 0.3) is 5.56 Å². The fourth-order valence-electron chi connectivity index (χ4n) is 4.24. The zero-order valence-corrected chi connectivity index (χ0v) is 21.9. The molecule has 8 nitrogen and oxygen atoms in total. The van der Waals surface area contributed by atoms with Crippen molar-refractivity contribution in [1.82, 2.24) is 9.66 Å². The quantitative estimate of drug-likeness (QED) is 0.179. The topological polar surface area (TPSA) is 99.6 Å². The second-order valence-corrected chi connectivity index (χ2v) is 10.1. The molecule has 1 aliphatic rings. The third-order valence-electron chi connectivity index (χ3n) is 6.26. The van der Waals surface area contributed by atoms with Gasteiger partial charge in [0.1, 0.15) is 5.82 Å². The Balaban J connectivity index is 1.81. The number of benzene rings is 2. The maximum absolute atomic E-state index is 13.5. The first kappa shape index (κ1) is 25.3. The van der Waals surface area contributed by atoms with Gasteiger partial charge in [-0.15, -0.1) is 0 Å². The van der Waals surface area contributed by atoms with Gasteiger partial charge in [-0.1, -0.05) is 53.7 Å². The number of nitro benzene ring substituents is 1. The zero-order chi connectivity index (χ0) is 25.1. The summed E-state index contributed by atoms with van der Waals surface area (Å²) in [5.41, 5.74) is 0.467. The molecule has 10 heteroatoms. The van der Waals surface area contributed by atoms with E-state index in [0.29, 0.717) is 28.7 Å². The molecule has 3 aromatic rings. The fourth-order valence-corrected chi connectivity index (χ4v) is 4.87. The van der Waals surface area contributed by atoms with Crippen molar-refractivity contribution >= 4 is 50.3 Å². The maximum atomic E-state index is 13.5. The predicted molar refractivity (Wildman–Crippen MR) is 141 cm³/mol. The molecule has 0 spiro atoms. The van der Waals surface area contributed by atoms with E-state index >= 15 is 0 Å². The summed E-state index contributed by atoms with van der Waals surface area (Å²) in [6, 6.07) is 8.30. The summed E-state index contributed by atoms with van der Waals surface area (Å²) in [6.07, 6.45) is 7.03. The molecule has 0 amide bonds. The largest absolute Gasteiger partial charge is 0.483 e. The molecule has 1 heterocycles. The van der Waals surface area contributed by atoms with Gasteiger partial charge in [0.05, 0.1) is 33.2 Å². The number of halogens is 2. The third kappa shape index (κ3) is 5.56. The first-order chi connectivity index (χ1) is 16.8. The second kappa shape index (κ2) is 10.9. The highest BCUT2D eigenvalue weighted by molar-refractivity contribution is 9.10. The van der Waals surface area contributed by atoms with Gasteiger partial charge in [0, 0.05) is 22.0 Å². The van der Waals surface area contributed by atoms with Crippen LogP contribution in [0.3, 0.4) is 0 Å². The minimum Gasteiger partial charge on any atom is -0.483 e. The van der Waals surface area contributed by atoms with E-state index < -0.39 is 4.92 Å². The molecule has 1 atom stereocenters. The maximum Gasteiger partial charge on any atom is 0.313 e. The molecule has 4 rings (SSSR count). The summed E-state index contributed by atoms with van der Waals surface area (Å²) in [5, 5.41) is 16.7. The molecule has 2 aromatic carbocycles. The van der Waals surface area contributed by atoms with Gasteiger partial charge in [-0.05, 0) is 50.5 Å². The molecule has 1 aliphatic carbocycles. The van der Waals surface area contributed by atoms with Crippen molar-refractivity contribution in [2.75, 3.05) is 0 Å². The lowest BCUT2D eigenvalue weighted by atomic mass is 9.88. The van der Waals surface area contributed by atoms with Crippen LogP contribution in [0.15, 0.2) is 44.7 Å². The molecule has 0 N–H and O–H groups in total. The van der Waals surface area contributed by atoms with E-state index in [1.54, 1.807) is 12.1 Å². The molecule has 184 valence electrons. The molecular formula is C25H26BrClN4O4. The van der Waals surface area contributed by atoms with Gasteiger partial charge in [-0.2, -0.15) is 9.78 Å². The average Bonchev–Trinajstić information content (AvgIpc) is 2.85. The molecule has 0 radical (unpaired) electrons. The van der Waals surface area contributed by atoms with Gasteiger partial charge in [-0.25, -0.2) is 4.98 Å². The molecule has 0 unspecified atom stereocenters. The number of ether oxygens (including phenoxy) is 1. The van der Waals surface area contributed by atoms with Crippen LogP contribution in [0.5, 0.6) is 5.75 Å². The SMILES string of the molecule is CC[C@H](C)Oc1c(Cl)cc(C=Nn2c(C3CCCCC3)nc3ccc(Br)cc3c2=O)cc1[N+](=O)[O-]. The van der Waals surface area contributed by atoms with Crippen LogP contribution in [-0.4, -0.2) is 26.9 Å². The van der Waals surface area contributed by atoms with Crippen molar-refractivity contribution in [2.24, 2.45) is 5.10 Å². The number of hydrogen-bond acceptors (Lipinski definition) is 6. The van der Waals surface area contributed by atoms with Crippen LogP contribution in [0.1, 0.15) is 69.7 Å². The van der Waals surface area contributed by atoms with Crippen LogP contribution in [0.25, 0.3) is 10.9 Å². The Kier molecular flexibility index (Phi) is 7.86. The van der Waals surface area contributed by atoms with Crippen LogP contribution in [0.2, 0.25) is 5.02 Å². The van der Waals surface area contributed by atoms with E-state index in [1.165, 1.54) is 17.0 Å². The molecular weight excluding hydrogens is 536 g/mol. The summed E-state index contributed by atoms with van der Waals surface area (Å²) in [4.78, 5) is 29.4. The Bertz CT molecular complexity index is 1350. The number of hydrogen-bond donors (Lipinski definition) is 0. The molecule has 1 saturated carbocycles. The number of nitro groups is 1. The zero-order valence-electron chi connectivity index (χ0n) is 19.5. The number of nitrogens with zero attached hydrogens (tertiary/aromatic N) is 4. The highest BCUT2D eigenvalue weighted by atomic mass is 79.9. The van der Waals surface area contributed by atoms with Crippen LogP contribution >= 0.6 is 27.5 Å². The predicted octanol–water partition coefficient (Wildman–Crippen LogP) is 6.83. The summed E-state index contributed by atoms with van der Waals surface area (Å²) in [6.45, 7) is 3.74. The minimum atomic E-state index is -0.532. The summed E-state index contributed by atoms with van der Waals surface area (Å²) >= 11 is 9.78. The molecule has 0 aliphatic heterocycles. The molecule has 0 saturated heterocycles. The van der Waals surface area contributed by atoms with Crippen molar-refractivity contribution < 1.29 is 9.66 Å². The lowest BCUT2D eigenvalue weighted by molar-refractivity contribution is -0.386. The van der Waals surface area contributed by atoms with E-state index in [0.717, 1.165) is 36.6 Å². The van der Waals surface area contributed by atoms with E-state index in [2.05, 4.69) is 21.0 Å². The van der Waals surface area contributed by atoms with Crippen molar-refractivity contribution in [3.05, 3.63) is 71.7 Å². The van der Waals surface area contributed by atoms with E-state index in [1.807, 2.05) is 26.0 Å². The average molecular weight is 562 g/mol. The Morgan fingerprint density at radius 1 is 1.31 bits per heavy atom. The Morgan fingerprint density at radius 3 is 2.74 bits per heavy atom. The summed E-state index contributed by atoms with van der Waals surface area (Å²) in [5.74, 6) is 0.754. The van der Waals surface area contributed by atoms with Crippen molar-refractivity contribution in [1.29, 1.82) is 0 Å². The summed E-state index contributed by atoms with van der Waals surface area (Å²) in [7, 11) is 0. The number of rotatable bonds is 7. The number of fused-ring (bicyclic) bond motifs is 1. The van der Waals surface area contributed by atoms with E-state index in [9.17, 15) is 14.9 Å². The van der Waals surface area contributed by atoms with Crippen LogP contribution in [-0.2, 0) is 0 Å². The third-order valence-corrected chi connectivity index (χ3v) is 7.04. The molecule has 35 heavy (non-hydrogen) atoms. The van der Waals surface area contributed by atoms with Crippen LogP contribution in [0.4, 0.5) is 5.69 Å². The van der Waals surface area contributed by atoms with Crippen molar-refractivity contribution in [2.45, 2.75) is 64.4 Å². The second-order valence-electron chi connectivity index (χ2n) is 8.77. The Labute approximate surface area is 216 Å². The fraction of sp³-hybridized carbons (Fsp3) is 0.400. The van der Waals surface area contributed by atoms with E-state index in [4.69, 9.17) is 21.3 Å². The van der Waals surface area contributed by atoms with Crippen LogP contribution in [0, 0.1) is 10.1 Å². The van der Waals surface area contributed by atoms with Crippen LogP contribution < -0.4 is 10.3 Å². The monoisotopic (exact) mass is 560 g/mol. The summed E-state index contributed by atoms with van der Waals surface area (Å²) < 4.78 is 7.79. The first-order valence-electron chi connectivity index (χ1n) is 11.7. The number of aromatic nitrogens is 2. The highest BCUT2D eigenvalue weighted by Crippen LogP contribution is 2.37. The van der Waals surface area contributed by atoms with Crippen molar-refractivity contribution in [3.8, 4) is 5.75 Å². The Hall–Kier alpha value is -2.78. The normalized spacial score (nSPS) is 15.5. The highest BCUT2D eigenvalue weighted by Gasteiger charge is 2.24. The van der Waals surface area contributed by atoms with Gasteiger partial charge in [0.2, 0.25) is 5.75 Å². The van der Waals surface area contributed by atoms with Gasteiger partial charge >= 0.3 is 5.69 Å². The molecule has 0 bridgehead atoms. The Morgan fingerprint density at radius 2 is 2.06 bits per heavy atom. The smallest absolute Gasteiger partial charge is 0.313 e. The van der Waals surface area contributed by atoms with Gasteiger partial charge in [-0.3, -0.25) is 14.9 Å². The van der Waals surface area contributed by atoms with E-state index in [-0.39, 0.29) is 34.0 Å². The van der Waals surface area contributed by atoms with Gasteiger partial charge in [0.15, 0.2) is 0 Å². The van der Waals surface area contributed by atoms with Crippen molar-refractivity contribution in [3.63, 3.8) is 0 Å². The lowest BCUT2D eigenvalue weighted by Gasteiger charge is -2.22. The molecule has 1 fully saturated rings. The first-order valence-corrected chi connectivity index (χ1v) is 12.9.